The first-order chi connectivity index (χ1) is 8.20. The molecule has 1 aromatic rings. The Morgan fingerprint density at radius 3 is 2.94 bits per heavy atom. The van der Waals surface area contributed by atoms with Crippen molar-refractivity contribution in [3.05, 3.63) is 29.8 Å². The molecule has 2 rings (SSSR count). The Labute approximate surface area is 102 Å². The molecule has 1 aromatic carbocycles. The van der Waals surface area contributed by atoms with E-state index in [1.54, 1.807) is 7.11 Å². The summed E-state index contributed by atoms with van der Waals surface area (Å²) in [6.45, 7) is 3.91. The van der Waals surface area contributed by atoms with Gasteiger partial charge in [-0.25, -0.2) is 0 Å². The molecular weight excluding hydrogens is 214 g/mol. The lowest BCUT2D eigenvalue weighted by atomic mass is 9.90. The molecule has 0 bridgehead atoms. The van der Waals surface area contributed by atoms with Crippen molar-refractivity contribution in [2.75, 3.05) is 20.2 Å². The average molecular weight is 233 g/mol. The zero-order chi connectivity index (χ0) is 12.3. The van der Waals surface area contributed by atoms with E-state index in [9.17, 15) is 4.79 Å². The van der Waals surface area contributed by atoms with Crippen LogP contribution in [0, 0.1) is 11.8 Å². The fraction of sp³-hybridized carbons (Fsp3) is 0.500. The molecular formula is C14H19NO2. The molecule has 0 aromatic heterocycles. The van der Waals surface area contributed by atoms with Crippen LogP contribution in [0.4, 0.5) is 0 Å². The van der Waals surface area contributed by atoms with Crippen LogP contribution in [-0.2, 0) is 11.2 Å². The molecule has 0 spiro atoms. The number of benzene rings is 1. The molecule has 1 fully saturated rings. The third-order valence-corrected chi connectivity index (χ3v) is 3.44. The first kappa shape index (κ1) is 12.1. The molecule has 0 saturated carbocycles. The van der Waals surface area contributed by atoms with E-state index >= 15 is 0 Å². The van der Waals surface area contributed by atoms with Crippen LogP contribution in [0.5, 0.6) is 5.75 Å². The second-order valence-corrected chi connectivity index (χ2v) is 4.74. The van der Waals surface area contributed by atoms with Gasteiger partial charge in [-0.15, -0.1) is 0 Å². The Balaban J connectivity index is 2.02. The highest BCUT2D eigenvalue weighted by Gasteiger charge is 2.29. The van der Waals surface area contributed by atoms with Crippen LogP contribution in [0.3, 0.4) is 0 Å². The zero-order valence-corrected chi connectivity index (χ0v) is 10.4. The van der Waals surface area contributed by atoms with Crippen molar-refractivity contribution < 1.29 is 9.53 Å². The lowest BCUT2D eigenvalue weighted by molar-refractivity contribution is -0.122. The van der Waals surface area contributed by atoms with E-state index in [-0.39, 0.29) is 5.92 Å². The topological polar surface area (TPSA) is 38.3 Å². The number of carbonyl (C=O) groups excluding carboxylic acids is 1. The van der Waals surface area contributed by atoms with Crippen LogP contribution in [-0.4, -0.2) is 26.0 Å². The van der Waals surface area contributed by atoms with Gasteiger partial charge in [-0.1, -0.05) is 19.1 Å². The number of hydrogen-bond acceptors (Lipinski definition) is 3. The van der Waals surface area contributed by atoms with E-state index in [2.05, 4.69) is 12.2 Å². The maximum Gasteiger partial charge on any atom is 0.141 e. The minimum Gasteiger partial charge on any atom is -0.497 e. The molecule has 3 heteroatoms. The van der Waals surface area contributed by atoms with Gasteiger partial charge in [-0.05, 0) is 30.2 Å². The third kappa shape index (κ3) is 2.86. The fourth-order valence-corrected chi connectivity index (χ4v) is 2.36. The molecule has 0 amide bonds. The van der Waals surface area contributed by atoms with Gasteiger partial charge < -0.3 is 10.1 Å². The summed E-state index contributed by atoms with van der Waals surface area (Å²) in [5.41, 5.74) is 1.04. The van der Waals surface area contributed by atoms with E-state index in [1.807, 2.05) is 24.3 Å². The second-order valence-electron chi connectivity index (χ2n) is 4.74. The van der Waals surface area contributed by atoms with Crippen molar-refractivity contribution in [2.24, 2.45) is 11.8 Å². The average Bonchev–Trinajstić information content (AvgIpc) is 2.76. The molecule has 1 aliphatic heterocycles. The predicted molar refractivity (Wildman–Crippen MR) is 67.2 cm³/mol. The van der Waals surface area contributed by atoms with Crippen molar-refractivity contribution in [1.29, 1.82) is 0 Å². The first-order valence-electron chi connectivity index (χ1n) is 6.07. The Kier molecular flexibility index (Phi) is 3.79. The minimum absolute atomic E-state index is 0.168. The highest BCUT2D eigenvalue weighted by Crippen LogP contribution is 2.20. The van der Waals surface area contributed by atoms with E-state index in [4.69, 9.17) is 4.74 Å². The largest absolute Gasteiger partial charge is 0.497 e. The van der Waals surface area contributed by atoms with Crippen molar-refractivity contribution in [3.63, 3.8) is 0 Å². The highest BCUT2D eigenvalue weighted by atomic mass is 16.5. The quantitative estimate of drug-likeness (QED) is 0.859. The SMILES string of the molecule is COc1cccc(CC(=O)C2CNCC2C)c1. The molecule has 0 radical (unpaired) electrons. The summed E-state index contributed by atoms with van der Waals surface area (Å²) in [7, 11) is 1.64. The molecule has 1 aliphatic rings. The van der Waals surface area contributed by atoms with Crippen LogP contribution in [0.25, 0.3) is 0 Å². The molecule has 1 N–H and O–H groups in total. The number of nitrogens with one attached hydrogen (secondary N) is 1. The zero-order valence-electron chi connectivity index (χ0n) is 10.4. The van der Waals surface area contributed by atoms with Crippen LogP contribution in [0.15, 0.2) is 24.3 Å². The smallest absolute Gasteiger partial charge is 0.141 e. The summed E-state index contributed by atoms with van der Waals surface area (Å²) in [5, 5.41) is 3.27. The maximum absolute atomic E-state index is 12.1. The fourth-order valence-electron chi connectivity index (χ4n) is 2.36. The molecule has 92 valence electrons. The van der Waals surface area contributed by atoms with Crippen LogP contribution < -0.4 is 10.1 Å². The van der Waals surface area contributed by atoms with Gasteiger partial charge in [0, 0.05) is 18.9 Å². The number of rotatable bonds is 4. The third-order valence-electron chi connectivity index (χ3n) is 3.44. The second kappa shape index (κ2) is 5.32. The monoisotopic (exact) mass is 233 g/mol. The van der Waals surface area contributed by atoms with Crippen LogP contribution in [0.1, 0.15) is 12.5 Å². The Morgan fingerprint density at radius 1 is 1.47 bits per heavy atom. The van der Waals surface area contributed by atoms with E-state index in [0.717, 1.165) is 24.4 Å². The molecule has 0 aliphatic carbocycles. The number of methoxy groups -OCH3 is 1. The van der Waals surface area contributed by atoms with Crippen molar-refractivity contribution >= 4 is 5.78 Å². The number of ether oxygens (including phenoxy) is 1. The summed E-state index contributed by atoms with van der Waals surface area (Å²) in [4.78, 5) is 12.1. The van der Waals surface area contributed by atoms with Gasteiger partial charge in [0.2, 0.25) is 0 Å². The summed E-state index contributed by atoms with van der Waals surface area (Å²) in [6.07, 6.45) is 0.508. The molecule has 2 unspecified atom stereocenters. The summed E-state index contributed by atoms with van der Waals surface area (Å²) >= 11 is 0. The van der Waals surface area contributed by atoms with E-state index < -0.39 is 0 Å². The number of ketones is 1. The molecule has 1 saturated heterocycles. The van der Waals surface area contributed by atoms with Gasteiger partial charge in [0.25, 0.3) is 0 Å². The summed E-state index contributed by atoms with van der Waals surface area (Å²) in [5.74, 6) is 1.76. The Hall–Kier alpha value is -1.35. The molecule has 3 nitrogen and oxygen atoms in total. The lowest BCUT2D eigenvalue weighted by Crippen LogP contribution is -2.23. The van der Waals surface area contributed by atoms with Gasteiger partial charge in [0.15, 0.2) is 0 Å². The van der Waals surface area contributed by atoms with Crippen molar-refractivity contribution in [1.82, 2.24) is 5.32 Å². The molecule has 17 heavy (non-hydrogen) atoms. The Bertz CT molecular complexity index is 403. The standard InChI is InChI=1S/C14H19NO2/c1-10-8-15-9-13(10)14(16)7-11-4-3-5-12(6-11)17-2/h3-6,10,13,15H,7-9H2,1-2H3. The Morgan fingerprint density at radius 2 is 2.29 bits per heavy atom. The van der Waals surface area contributed by atoms with Crippen LogP contribution >= 0.6 is 0 Å². The number of Topliss-reactive ketones (excluding diaryl/α,β-unsaturated/α-hetero) is 1. The van der Waals surface area contributed by atoms with Gasteiger partial charge in [-0.2, -0.15) is 0 Å². The van der Waals surface area contributed by atoms with E-state index in [0.29, 0.717) is 18.1 Å². The normalized spacial score (nSPS) is 23.6. The van der Waals surface area contributed by atoms with Crippen LogP contribution in [0.2, 0.25) is 0 Å². The number of carbonyl (C=O) groups is 1. The van der Waals surface area contributed by atoms with Crippen molar-refractivity contribution in [2.45, 2.75) is 13.3 Å². The predicted octanol–water partition coefficient (Wildman–Crippen LogP) is 1.66. The molecule has 1 heterocycles. The first-order valence-corrected chi connectivity index (χ1v) is 6.07. The number of hydrogen-bond donors (Lipinski definition) is 1. The van der Waals surface area contributed by atoms with Gasteiger partial charge in [0.1, 0.15) is 11.5 Å². The van der Waals surface area contributed by atoms with Crippen molar-refractivity contribution in [3.8, 4) is 5.75 Å². The minimum atomic E-state index is 0.168. The van der Waals surface area contributed by atoms with E-state index in [1.165, 1.54) is 0 Å². The molecule has 2 atom stereocenters. The van der Waals surface area contributed by atoms with Gasteiger partial charge in [0.05, 0.1) is 7.11 Å². The van der Waals surface area contributed by atoms with Gasteiger partial charge >= 0.3 is 0 Å². The van der Waals surface area contributed by atoms with Gasteiger partial charge in [-0.3, -0.25) is 4.79 Å². The summed E-state index contributed by atoms with van der Waals surface area (Å²) in [6, 6.07) is 7.74. The highest BCUT2D eigenvalue weighted by molar-refractivity contribution is 5.84. The lowest BCUT2D eigenvalue weighted by Gasteiger charge is -2.13. The maximum atomic E-state index is 12.1. The summed E-state index contributed by atoms with van der Waals surface area (Å²) < 4.78 is 5.16.